The summed E-state index contributed by atoms with van der Waals surface area (Å²) in [5, 5.41) is 19.1. The first-order valence-electron chi connectivity index (χ1n) is 8.06. The van der Waals surface area contributed by atoms with Crippen LogP contribution in [0.25, 0.3) is 0 Å². The van der Waals surface area contributed by atoms with Gasteiger partial charge in [-0.2, -0.15) is 0 Å². The number of benzene rings is 1. The van der Waals surface area contributed by atoms with Crippen molar-refractivity contribution in [2.45, 2.75) is 57.1 Å². The first-order chi connectivity index (χ1) is 11.5. The van der Waals surface area contributed by atoms with Gasteiger partial charge in [0, 0.05) is 6.42 Å². The first kappa shape index (κ1) is 21.4. The molecule has 25 heavy (non-hydrogen) atoms. The van der Waals surface area contributed by atoms with Gasteiger partial charge in [0.15, 0.2) is 0 Å². The van der Waals surface area contributed by atoms with Gasteiger partial charge in [-0.3, -0.25) is 14.2 Å². The van der Waals surface area contributed by atoms with Gasteiger partial charge in [-0.25, -0.2) is 5.09 Å². The zero-order valence-corrected chi connectivity index (χ0v) is 15.6. The van der Waals surface area contributed by atoms with E-state index in [0.717, 1.165) is 5.56 Å². The maximum Gasteiger partial charge on any atom is 0.321 e. The molecule has 0 radical (unpaired) electrons. The van der Waals surface area contributed by atoms with Crippen molar-refractivity contribution in [2.75, 3.05) is 0 Å². The third-order valence-electron chi connectivity index (χ3n) is 4.27. The Labute approximate surface area is 147 Å². The summed E-state index contributed by atoms with van der Waals surface area (Å²) in [6.45, 7) is 5.16. The summed E-state index contributed by atoms with van der Waals surface area (Å²) >= 11 is 0. The zero-order valence-electron chi connectivity index (χ0n) is 14.7. The van der Waals surface area contributed by atoms with Gasteiger partial charge in [0.05, 0.1) is 5.16 Å². The average molecular weight is 371 g/mol. The average Bonchev–Trinajstić information content (AvgIpc) is 2.51. The molecule has 1 aromatic rings. The molecule has 7 nitrogen and oxygen atoms in total. The summed E-state index contributed by atoms with van der Waals surface area (Å²) in [6.07, 6.45) is -0.298. The van der Waals surface area contributed by atoms with Gasteiger partial charge >= 0.3 is 11.9 Å². The predicted molar refractivity (Wildman–Crippen MR) is 94.8 cm³/mol. The van der Waals surface area contributed by atoms with Crippen LogP contribution in [0, 0.1) is 0 Å². The van der Waals surface area contributed by atoms with Gasteiger partial charge in [-0.1, -0.05) is 37.3 Å². The monoisotopic (exact) mass is 371 g/mol. The number of carboxylic acid groups (broad SMARTS) is 2. The van der Waals surface area contributed by atoms with Crippen LogP contribution in [0.3, 0.4) is 0 Å². The Kier molecular flexibility index (Phi) is 7.35. The smallest absolute Gasteiger partial charge is 0.321 e. The van der Waals surface area contributed by atoms with Crippen LogP contribution in [-0.2, 0) is 14.2 Å². The van der Waals surface area contributed by atoms with E-state index in [4.69, 9.17) is 5.11 Å². The molecule has 140 valence electrons. The summed E-state index contributed by atoms with van der Waals surface area (Å²) in [6, 6.07) is 8.15. The van der Waals surface area contributed by atoms with Crippen LogP contribution in [0.15, 0.2) is 30.3 Å². The number of hydrogen-bond acceptors (Lipinski definition) is 3. The van der Waals surface area contributed by atoms with Crippen LogP contribution >= 0.6 is 7.52 Å². The molecular weight excluding hydrogens is 345 g/mol. The summed E-state index contributed by atoms with van der Waals surface area (Å²) in [4.78, 5) is 32.4. The maximum absolute atomic E-state index is 12.8. The van der Waals surface area contributed by atoms with E-state index < -0.39 is 37.1 Å². The third kappa shape index (κ3) is 6.27. The van der Waals surface area contributed by atoms with E-state index >= 15 is 0 Å². The lowest BCUT2D eigenvalue weighted by Gasteiger charge is -2.34. The van der Waals surface area contributed by atoms with E-state index in [9.17, 15) is 24.2 Å². The Balaban J connectivity index is 2.87. The number of carboxylic acids is 2. The summed E-state index contributed by atoms with van der Waals surface area (Å²) in [5.74, 6) is -2.50. The molecule has 0 heterocycles. The number of nitrogens with one attached hydrogen (secondary N) is 1. The molecule has 8 heteroatoms. The largest absolute Gasteiger partial charge is 0.481 e. The number of carbonyl (C=O) groups is 2. The van der Waals surface area contributed by atoms with Crippen molar-refractivity contribution >= 4 is 19.5 Å². The third-order valence-corrected chi connectivity index (χ3v) is 6.76. The van der Waals surface area contributed by atoms with Crippen LogP contribution in [-0.4, -0.2) is 38.2 Å². The molecule has 0 spiro atoms. The van der Waals surface area contributed by atoms with E-state index in [0.29, 0.717) is 6.42 Å². The molecular formula is C17H26NO6P. The van der Waals surface area contributed by atoms with E-state index in [1.807, 2.05) is 37.3 Å². The fourth-order valence-corrected chi connectivity index (χ4v) is 4.20. The Morgan fingerprint density at radius 3 is 2.24 bits per heavy atom. The van der Waals surface area contributed by atoms with Crippen LogP contribution in [0.2, 0.25) is 0 Å². The van der Waals surface area contributed by atoms with Crippen molar-refractivity contribution in [2.24, 2.45) is 0 Å². The molecule has 3 unspecified atom stereocenters. The van der Waals surface area contributed by atoms with Crippen LogP contribution in [0.5, 0.6) is 0 Å². The molecule has 0 saturated carbocycles. The summed E-state index contributed by atoms with van der Waals surface area (Å²) < 4.78 is 12.8. The SMILES string of the molecule is CC(CC(C)(C)P(=O)(O)NC(CCC(=O)O)C(=O)O)c1ccccc1. The fraction of sp³-hybridized carbons (Fsp3) is 0.529. The number of aliphatic carboxylic acids is 2. The Hall–Kier alpha value is -1.69. The second-order valence-electron chi connectivity index (χ2n) is 6.86. The van der Waals surface area contributed by atoms with Gasteiger partial charge in [-0.05, 0) is 38.2 Å². The molecule has 1 rings (SSSR count). The standard InChI is InChI=1S/C17H26NO6P/c1-12(13-7-5-4-6-8-13)11-17(2,3)25(23,24)18-14(16(21)22)9-10-15(19)20/h4-8,12,14H,9-11H2,1-3H3,(H,19,20)(H,21,22)(H2,18,23,24). The van der Waals surface area contributed by atoms with E-state index in [1.54, 1.807) is 13.8 Å². The normalized spacial score (nSPS) is 16.6. The van der Waals surface area contributed by atoms with Crippen molar-refractivity contribution in [1.82, 2.24) is 5.09 Å². The molecule has 0 bridgehead atoms. The highest BCUT2D eigenvalue weighted by atomic mass is 31.2. The minimum atomic E-state index is -4.06. The highest BCUT2D eigenvalue weighted by Gasteiger charge is 2.42. The van der Waals surface area contributed by atoms with Crippen LogP contribution in [0.4, 0.5) is 0 Å². The highest BCUT2D eigenvalue weighted by Crippen LogP contribution is 2.54. The molecule has 0 aliphatic heterocycles. The van der Waals surface area contributed by atoms with Crippen molar-refractivity contribution in [3.8, 4) is 0 Å². The predicted octanol–water partition coefficient (Wildman–Crippen LogP) is 3.05. The van der Waals surface area contributed by atoms with Crippen molar-refractivity contribution in [3.05, 3.63) is 35.9 Å². The molecule has 3 atom stereocenters. The fourth-order valence-electron chi connectivity index (χ4n) is 2.67. The molecule has 0 aliphatic carbocycles. The van der Waals surface area contributed by atoms with Crippen LogP contribution < -0.4 is 5.09 Å². The topological polar surface area (TPSA) is 124 Å². The molecule has 4 N–H and O–H groups in total. The molecule has 0 amide bonds. The van der Waals surface area contributed by atoms with Gasteiger partial charge in [-0.15, -0.1) is 0 Å². The van der Waals surface area contributed by atoms with E-state index in [2.05, 4.69) is 5.09 Å². The molecule has 0 saturated heterocycles. The zero-order chi connectivity index (χ0) is 19.3. The van der Waals surface area contributed by atoms with Crippen molar-refractivity contribution in [3.63, 3.8) is 0 Å². The lowest BCUT2D eigenvalue weighted by molar-refractivity contribution is -0.140. The molecule has 1 aromatic carbocycles. The quantitative estimate of drug-likeness (QED) is 0.466. The minimum absolute atomic E-state index is 0.000715. The number of hydrogen-bond donors (Lipinski definition) is 4. The van der Waals surface area contributed by atoms with Crippen LogP contribution in [0.1, 0.15) is 51.5 Å². The second kappa shape index (κ2) is 8.61. The summed E-state index contributed by atoms with van der Waals surface area (Å²) in [5.41, 5.74) is 1.02. The lowest BCUT2D eigenvalue weighted by atomic mass is 9.91. The maximum atomic E-state index is 12.8. The van der Waals surface area contributed by atoms with Gasteiger partial charge in [0.25, 0.3) is 7.52 Å². The molecule has 0 fully saturated rings. The van der Waals surface area contributed by atoms with Gasteiger partial charge in [0.2, 0.25) is 0 Å². The van der Waals surface area contributed by atoms with Gasteiger partial charge < -0.3 is 15.1 Å². The van der Waals surface area contributed by atoms with E-state index in [1.165, 1.54) is 0 Å². The molecule has 0 aliphatic rings. The minimum Gasteiger partial charge on any atom is -0.481 e. The Morgan fingerprint density at radius 2 is 1.76 bits per heavy atom. The van der Waals surface area contributed by atoms with Crippen molar-refractivity contribution in [1.29, 1.82) is 0 Å². The van der Waals surface area contributed by atoms with Gasteiger partial charge in [0.1, 0.15) is 6.04 Å². The second-order valence-corrected chi connectivity index (χ2v) is 9.48. The lowest BCUT2D eigenvalue weighted by Crippen LogP contribution is -2.40. The molecule has 0 aromatic heterocycles. The highest BCUT2D eigenvalue weighted by molar-refractivity contribution is 7.57. The first-order valence-corrected chi connectivity index (χ1v) is 9.72. The number of rotatable bonds is 10. The Bertz CT molecular complexity index is 646. The van der Waals surface area contributed by atoms with E-state index in [-0.39, 0.29) is 12.3 Å². The van der Waals surface area contributed by atoms with Crippen molar-refractivity contribution < 1.29 is 29.3 Å². The Morgan fingerprint density at radius 1 is 1.20 bits per heavy atom. The summed E-state index contributed by atoms with van der Waals surface area (Å²) in [7, 11) is -4.06.